The predicted octanol–water partition coefficient (Wildman–Crippen LogP) is 2.27. The molecule has 1 saturated heterocycles. The predicted molar refractivity (Wildman–Crippen MR) is 71.9 cm³/mol. The molecule has 100 valence electrons. The van der Waals surface area contributed by atoms with Gasteiger partial charge in [-0.05, 0) is 31.2 Å². The van der Waals surface area contributed by atoms with Crippen LogP contribution in [-0.2, 0) is 4.79 Å². The molecule has 1 N–H and O–H groups in total. The van der Waals surface area contributed by atoms with Crippen molar-refractivity contribution in [1.29, 1.82) is 0 Å². The fourth-order valence-electron chi connectivity index (χ4n) is 2.42. The summed E-state index contributed by atoms with van der Waals surface area (Å²) in [6, 6.07) is 0.0706. The number of nitrogens with zero attached hydrogens (tertiary/aromatic N) is 1. The lowest BCUT2D eigenvalue weighted by molar-refractivity contribution is -0.135. The highest BCUT2D eigenvalue weighted by molar-refractivity contribution is 5.82. The van der Waals surface area contributed by atoms with E-state index in [1.54, 1.807) is 0 Å². The number of carbonyl (C=O) groups excluding carboxylic acids is 1. The number of hydrogen-bond acceptors (Lipinski definition) is 2. The molecule has 0 aromatic carbocycles. The van der Waals surface area contributed by atoms with E-state index in [1.165, 1.54) is 12.8 Å². The van der Waals surface area contributed by atoms with Gasteiger partial charge in [-0.2, -0.15) is 0 Å². The monoisotopic (exact) mass is 240 g/mol. The van der Waals surface area contributed by atoms with Gasteiger partial charge in [0.05, 0.1) is 6.04 Å². The molecule has 1 aliphatic heterocycles. The molecule has 17 heavy (non-hydrogen) atoms. The Kier molecular flexibility index (Phi) is 5.96. The zero-order valence-electron chi connectivity index (χ0n) is 11.8. The van der Waals surface area contributed by atoms with E-state index in [2.05, 4.69) is 37.9 Å². The molecule has 3 heteroatoms. The molecular weight excluding hydrogens is 212 g/mol. The van der Waals surface area contributed by atoms with Gasteiger partial charge in [-0.3, -0.25) is 4.79 Å². The Hall–Kier alpha value is -0.570. The van der Waals surface area contributed by atoms with Gasteiger partial charge in [0.2, 0.25) is 5.91 Å². The summed E-state index contributed by atoms with van der Waals surface area (Å²) in [7, 11) is 0. The molecule has 0 spiro atoms. The number of hydrogen-bond donors (Lipinski definition) is 1. The quantitative estimate of drug-likeness (QED) is 0.799. The van der Waals surface area contributed by atoms with E-state index in [9.17, 15) is 4.79 Å². The van der Waals surface area contributed by atoms with Crippen molar-refractivity contribution in [3.8, 4) is 0 Å². The molecule has 1 atom stereocenters. The largest absolute Gasteiger partial charge is 0.341 e. The van der Waals surface area contributed by atoms with Crippen LogP contribution in [0.2, 0.25) is 0 Å². The van der Waals surface area contributed by atoms with Crippen LogP contribution in [-0.4, -0.2) is 36.5 Å². The Morgan fingerprint density at radius 1 is 1.18 bits per heavy atom. The summed E-state index contributed by atoms with van der Waals surface area (Å²) in [4.78, 5) is 14.5. The molecule has 0 aromatic rings. The molecule has 0 aromatic heterocycles. The van der Waals surface area contributed by atoms with Crippen LogP contribution in [0, 0.1) is 11.8 Å². The topological polar surface area (TPSA) is 32.3 Å². The van der Waals surface area contributed by atoms with Crippen LogP contribution < -0.4 is 5.32 Å². The van der Waals surface area contributed by atoms with Crippen LogP contribution >= 0.6 is 0 Å². The second-order valence-electron chi connectivity index (χ2n) is 6.03. The van der Waals surface area contributed by atoms with Gasteiger partial charge in [0, 0.05) is 13.1 Å². The molecule has 1 aliphatic rings. The van der Waals surface area contributed by atoms with Crippen molar-refractivity contribution >= 4 is 5.91 Å². The smallest absolute Gasteiger partial charge is 0.239 e. The zero-order valence-corrected chi connectivity index (χ0v) is 11.8. The van der Waals surface area contributed by atoms with Crippen LogP contribution in [0.1, 0.15) is 47.0 Å². The molecule has 1 rings (SSSR count). The van der Waals surface area contributed by atoms with Gasteiger partial charge in [0.15, 0.2) is 0 Å². The lowest BCUT2D eigenvalue weighted by Crippen LogP contribution is -2.50. The Bertz CT molecular complexity index is 222. The first-order valence-electron chi connectivity index (χ1n) is 7.03. The number of carbonyl (C=O) groups is 1. The zero-order chi connectivity index (χ0) is 12.8. The van der Waals surface area contributed by atoms with Gasteiger partial charge in [0.1, 0.15) is 0 Å². The van der Waals surface area contributed by atoms with E-state index in [0.717, 1.165) is 26.1 Å². The highest BCUT2D eigenvalue weighted by Gasteiger charge is 2.26. The van der Waals surface area contributed by atoms with Crippen LogP contribution in [0.15, 0.2) is 0 Å². The Morgan fingerprint density at radius 3 is 2.18 bits per heavy atom. The van der Waals surface area contributed by atoms with Crippen molar-refractivity contribution in [3.63, 3.8) is 0 Å². The first kappa shape index (κ1) is 14.5. The van der Waals surface area contributed by atoms with Crippen LogP contribution in [0.25, 0.3) is 0 Å². The normalized spacial score (nSPS) is 20.9. The van der Waals surface area contributed by atoms with Crippen molar-refractivity contribution in [3.05, 3.63) is 0 Å². The summed E-state index contributed by atoms with van der Waals surface area (Å²) < 4.78 is 0. The average Bonchev–Trinajstić information content (AvgIpc) is 2.27. The lowest BCUT2D eigenvalue weighted by Gasteiger charge is -2.32. The minimum absolute atomic E-state index is 0.0706. The third kappa shape index (κ3) is 5.07. The van der Waals surface area contributed by atoms with E-state index in [4.69, 9.17) is 0 Å². The van der Waals surface area contributed by atoms with Crippen molar-refractivity contribution in [1.82, 2.24) is 10.2 Å². The lowest BCUT2D eigenvalue weighted by atomic mass is 10.0. The first-order valence-corrected chi connectivity index (χ1v) is 7.03. The molecule has 3 nitrogen and oxygen atoms in total. The number of amides is 1. The minimum Gasteiger partial charge on any atom is -0.341 e. The van der Waals surface area contributed by atoms with Crippen LogP contribution in [0.5, 0.6) is 0 Å². The summed E-state index contributed by atoms with van der Waals surface area (Å²) >= 11 is 0. The van der Waals surface area contributed by atoms with E-state index in [1.807, 2.05) is 0 Å². The van der Waals surface area contributed by atoms with Crippen molar-refractivity contribution < 1.29 is 4.79 Å². The molecule has 0 radical (unpaired) electrons. The summed E-state index contributed by atoms with van der Waals surface area (Å²) in [6.45, 7) is 11.5. The second kappa shape index (κ2) is 7.00. The van der Waals surface area contributed by atoms with E-state index >= 15 is 0 Å². The summed E-state index contributed by atoms with van der Waals surface area (Å²) in [5.41, 5.74) is 0. The van der Waals surface area contributed by atoms with Crippen molar-refractivity contribution in [2.24, 2.45) is 11.8 Å². The van der Waals surface area contributed by atoms with Gasteiger partial charge in [-0.25, -0.2) is 0 Å². The second-order valence-corrected chi connectivity index (χ2v) is 6.03. The van der Waals surface area contributed by atoms with Gasteiger partial charge >= 0.3 is 0 Å². The molecule has 0 saturated carbocycles. The van der Waals surface area contributed by atoms with Crippen molar-refractivity contribution in [2.45, 2.75) is 53.0 Å². The highest BCUT2D eigenvalue weighted by atomic mass is 16.2. The van der Waals surface area contributed by atoms with Crippen LogP contribution in [0.4, 0.5) is 0 Å². The summed E-state index contributed by atoms with van der Waals surface area (Å²) in [6.07, 6.45) is 3.39. The Balaban J connectivity index is 2.56. The molecule has 1 fully saturated rings. The van der Waals surface area contributed by atoms with Gasteiger partial charge < -0.3 is 10.2 Å². The van der Waals surface area contributed by atoms with E-state index in [0.29, 0.717) is 17.7 Å². The molecule has 0 bridgehead atoms. The van der Waals surface area contributed by atoms with Crippen molar-refractivity contribution in [2.75, 3.05) is 19.6 Å². The first-order chi connectivity index (χ1) is 8.00. The van der Waals surface area contributed by atoms with Gasteiger partial charge in [-0.1, -0.05) is 34.1 Å². The van der Waals surface area contributed by atoms with Gasteiger partial charge in [0.25, 0.3) is 0 Å². The maximum Gasteiger partial charge on any atom is 0.239 e. The fraction of sp³-hybridized carbons (Fsp3) is 0.929. The fourth-order valence-corrected chi connectivity index (χ4v) is 2.42. The summed E-state index contributed by atoms with van der Waals surface area (Å²) in [5, 5.41) is 3.35. The van der Waals surface area contributed by atoms with E-state index < -0.39 is 0 Å². The minimum atomic E-state index is 0.0706. The standard InChI is InChI=1S/C14H28N2O/c1-11(2)9-16(10-12(3)4)14(17)13-7-5-6-8-15-13/h11-13,15H,5-10H2,1-4H3/t13-/m0/s1. The maximum atomic E-state index is 12.4. The van der Waals surface area contributed by atoms with E-state index in [-0.39, 0.29) is 6.04 Å². The number of rotatable bonds is 5. The molecular formula is C14H28N2O. The highest BCUT2D eigenvalue weighted by Crippen LogP contribution is 2.12. The molecule has 0 aliphatic carbocycles. The average molecular weight is 240 g/mol. The Labute approximate surface area is 106 Å². The Morgan fingerprint density at radius 2 is 1.76 bits per heavy atom. The molecule has 1 amide bonds. The maximum absolute atomic E-state index is 12.4. The molecule has 0 unspecified atom stereocenters. The molecule has 1 heterocycles. The third-order valence-corrected chi connectivity index (χ3v) is 3.09. The number of nitrogens with one attached hydrogen (secondary N) is 1. The summed E-state index contributed by atoms with van der Waals surface area (Å²) in [5.74, 6) is 1.40. The third-order valence-electron chi connectivity index (χ3n) is 3.09. The SMILES string of the molecule is CC(C)CN(CC(C)C)C(=O)[C@@H]1CCCCN1. The van der Waals surface area contributed by atoms with Crippen LogP contribution in [0.3, 0.4) is 0 Å². The van der Waals surface area contributed by atoms with Gasteiger partial charge in [-0.15, -0.1) is 0 Å². The number of piperidine rings is 1.